The average Bonchev–Trinajstić information content (AvgIpc) is 2.28. The van der Waals surface area contributed by atoms with E-state index in [1.165, 1.54) is 12.1 Å². The van der Waals surface area contributed by atoms with Gasteiger partial charge in [-0.3, -0.25) is 0 Å². The van der Waals surface area contributed by atoms with Crippen molar-refractivity contribution in [2.75, 3.05) is 0 Å². The summed E-state index contributed by atoms with van der Waals surface area (Å²) in [7, 11) is 0. The summed E-state index contributed by atoms with van der Waals surface area (Å²) >= 11 is 0. The van der Waals surface area contributed by atoms with Crippen LogP contribution >= 0.6 is 0 Å². The monoisotopic (exact) mass is 238 g/mol. The summed E-state index contributed by atoms with van der Waals surface area (Å²) in [5, 5.41) is 10.4. The van der Waals surface area contributed by atoms with Gasteiger partial charge in [0.15, 0.2) is 0 Å². The smallest absolute Gasteiger partial charge is 0.123 e. The predicted octanol–water partition coefficient (Wildman–Crippen LogP) is 4.38. The van der Waals surface area contributed by atoms with Crippen LogP contribution in [0.25, 0.3) is 0 Å². The van der Waals surface area contributed by atoms with Crippen molar-refractivity contribution in [2.45, 2.75) is 52.6 Å². The molecule has 0 amide bonds. The van der Waals surface area contributed by atoms with E-state index in [-0.39, 0.29) is 11.7 Å². The number of rotatable bonds is 6. The Labute approximate surface area is 104 Å². The number of hydrogen-bond acceptors (Lipinski definition) is 1. The molecule has 1 unspecified atom stereocenters. The first-order valence-electron chi connectivity index (χ1n) is 6.54. The Morgan fingerprint density at radius 1 is 1.18 bits per heavy atom. The number of benzene rings is 1. The zero-order valence-corrected chi connectivity index (χ0v) is 11.0. The number of aryl methyl sites for hydroxylation is 1. The summed E-state index contributed by atoms with van der Waals surface area (Å²) in [6.07, 6.45) is 3.72. The van der Waals surface area contributed by atoms with Crippen molar-refractivity contribution in [3.63, 3.8) is 0 Å². The molecule has 0 spiro atoms. The van der Waals surface area contributed by atoms with Crippen molar-refractivity contribution in [3.8, 4) is 0 Å². The normalized spacial score (nSPS) is 13.1. The van der Waals surface area contributed by atoms with E-state index in [4.69, 9.17) is 0 Å². The molecule has 1 rings (SSSR count). The summed E-state index contributed by atoms with van der Waals surface area (Å²) in [4.78, 5) is 0. The molecule has 0 fully saturated rings. The van der Waals surface area contributed by atoms with Gasteiger partial charge in [0.1, 0.15) is 5.82 Å². The first kappa shape index (κ1) is 14.2. The zero-order chi connectivity index (χ0) is 12.8. The van der Waals surface area contributed by atoms with Crippen LogP contribution in [0.15, 0.2) is 18.2 Å². The van der Waals surface area contributed by atoms with Crippen LogP contribution in [0.3, 0.4) is 0 Å². The van der Waals surface area contributed by atoms with Crippen molar-refractivity contribution in [1.82, 2.24) is 0 Å². The third kappa shape index (κ3) is 3.81. The van der Waals surface area contributed by atoms with E-state index in [2.05, 4.69) is 13.8 Å². The maximum atomic E-state index is 13.0. The van der Waals surface area contributed by atoms with Gasteiger partial charge < -0.3 is 5.11 Å². The molecule has 1 nitrogen and oxygen atoms in total. The van der Waals surface area contributed by atoms with Crippen LogP contribution in [0.2, 0.25) is 0 Å². The minimum absolute atomic E-state index is 0.235. The number of halogens is 1. The van der Waals surface area contributed by atoms with Crippen LogP contribution in [-0.4, -0.2) is 5.11 Å². The van der Waals surface area contributed by atoms with E-state index >= 15 is 0 Å². The highest BCUT2D eigenvalue weighted by Gasteiger charge is 2.20. The van der Waals surface area contributed by atoms with Crippen LogP contribution in [0.1, 0.15) is 56.8 Å². The van der Waals surface area contributed by atoms with E-state index in [9.17, 15) is 9.50 Å². The molecule has 0 aliphatic carbocycles. The highest BCUT2D eigenvalue weighted by Crippen LogP contribution is 2.31. The molecule has 1 aromatic carbocycles. The molecule has 0 radical (unpaired) electrons. The summed E-state index contributed by atoms with van der Waals surface area (Å²) in [6.45, 7) is 6.12. The fourth-order valence-electron chi connectivity index (χ4n) is 2.43. The van der Waals surface area contributed by atoms with Crippen molar-refractivity contribution < 1.29 is 9.50 Å². The first-order valence-corrected chi connectivity index (χ1v) is 6.54. The Balaban J connectivity index is 2.88. The second-order valence-corrected chi connectivity index (χ2v) is 4.78. The highest BCUT2D eigenvalue weighted by molar-refractivity contribution is 5.28. The molecule has 17 heavy (non-hydrogen) atoms. The molecular formula is C15H23FO. The molecule has 0 bridgehead atoms. The minimum atomic E-state index is -0.463. The first-order chi connectivity index (χ1) is 8.10. The van der Waals surface area contributed by atoms with Gasteiger partial charge in [-0.2, -0.15) is 0 Å². The SMILES string of the molecule is CCCC(CCC)C(O)c1ccc(F)cc1C. The van der Waals surface area contributed by atoms with Gasteiger partial charge in [0.25, 0.3) is 0 Å². The summed E-state index contributed by atoms with van der Waals surface area (Å²) in [5.74, 6) is 0.0511. The lowest BCUT2D eigenvalue weighted by Gasteiger charge is -2.23. The second-order valence-electron chi connectivity index (χ2n) is 4.78. The number of aliphatic hydroxyl groups excluding tert-OH is 1. The fraction of sp³-hybridized carbons (Fsp3) is 0.600. The van der Waals surface area contributed by atoms with E-state index < -0.39 is 6.10 Å². The molecule has 1 N–H and O–H groups in total. The standard InChI is InChI=1S/C15H23FO/c1-4-6-12(7-5-2)15(17)14-9-8-13(16)10-11(14)3/h8-10,12,15,17H,4-7H2,1-3H3. The molecule has 96 valence electrons. The number of hydrogen-bond donors (Lipinski definition) is 1. The lowest BCUT2D eigenvalue weighted by molar-refractivity contribution is 0.0958. The van der Waals surface area contributed by atoms with Crippen LogP contribution in [0.5, 0.6) is 0 Å². The van der Waals surface area contributed by atoms with Gasteiger partial charge >= 0.3 is 0 Å². The summed E-state index contributed by atoms with van der Waals surface area (Å²) < 4.78 is 13.0. The molecule has 2 heteroatoms. The van der Waals surface area contributed by atoms with E-state index in [1.807, 2.05) is 6.92 Å². The largest absolute Gasteiger partial charge is 0.388 e. The quantitative estimate of drug-likeness (QED) is 0.779. The highest BCUT2D eigenvalue weighted by atomic mass is 19.1. The molecule has 1 aromatic rings. The summed E-state index contributed by atoms with van der Waals surface area (Å²) in [5.41, 5.74) is 1.72. The van der Waals surface area contributed by atoms with Crippen LogP contribution in [0.4, 0.5) is 4.39 Å². The molecule has 0 saturated carbocycles. The average molecular weight is 238 g/mol. The van der Waals surface area contributed by atoms with Gasteiger partial charge in [0.2, 0.25) is 0 Å². The lowest BCUT2D eigenvalue weighted by atomic mass is 9.86. The summed E-state index contributed by atoms with van der Waals surface area (Å²) in [6, 6.07) is 4.64. The van der Waals surface area contributed by atoms with Crippen LogP contribution < -0.4 is 0 Å². The lowest BCUT2D eigenvalue weighted by Crippen LogP contribution is -2.13. The fourth-order valence-corrected chi connectivity index (χ4v) is 2.43. The Bertz CT molecular complexity index is 343. The van der Waals surface area contributed by atoms with Gasteiger partial charge in [-0.15, -0.1) is 0 Å². The second kappa shape index (κ2) is 6.75. The molecule has 1 atom stereocenters. The third-order valence-corrected chi connectivity index (χ3v) is 3.32. The molecule has 0 saturated heterocycles. The van der Waals surface area contributed by atoms with Gasteiger partial charge in [0, 0.05) is 0 Å². The van der Waals surface area contributed by atoms with E-state index in [0.29, 0.717) is 0 Å². The Morgan fingerprint density at radius 3 is 2.24 bits per heavy atom. The topological polar surface area (TPSA) is 20.2 Å². The Morgan fingerprint density at radius 2 is 1.76 bits per heavy atom. The molecule has 0 aliphatic rings. The van der Waals surface area contributed by atoms with Crippen molar-refractivity contribution >= 4 is 0 Å². The van der Waals surface area contributed by atoms with Crippen molar-refractivity contribution in [3.05, 3.63) is 35.1 Å². The third-order valence-electron chi connectivity index (χ3n) is 3.32. The number of aliphatic hydroxyl groups is 1. The molecule has 0 aliphatic heterocycles. The Hall–Kier alpha value is -0.890. The van der Waals surface area contributed by atoms with Gasteiger partial charge in [-0.1, -0.05) is 32.8 Å². The maximum absolute atomic E-state index is 13.0. The van der Waals surface area contributed by atoms with Gasteiger partial charge in [0.05, 0.1) is 6.10 Å². The Kier molecular flexibility index (Phi) is 5.63. The van der Waals surface area contributed by atoms with Crippen LogP contribution in [-0.2, 0) is 0 Å². The molecule has 0 heterocycles. The van der Waals surface area contributed by atoms with Gasteiger partial charge in [-0.05, 0) is 48.9 Å². The van der Waals surface area contributed by atoms with E-state index in [1.54, 1.807) is 6.07 Å². The molecular weight excluding hydrogens is 215 g/mol. The van der Waals surface area contributed by atoms with Gasteiger partial charge in [-0.25, -0.2) is 4.39 Å². The zero-order valence-electron chi connectivity index (χ0n) is 11.0. The van der Waals surface area contributed by atoms with Crippen molar-refractivity contribution in [2.24, 2.45) is 5.92 Å². The maximum Gasteiger partial charge on any atom is 0.123 e. The molecule has 0 aromatic heterocycles. The minimum Gasteiger partial charge on any atom is -0.388 e. The van der Waals surface area contributed by atoms with Crippen LogP contribution in [0, 0.1) is 18.7 Å². The predicted molar refractivity (Wildman–Crippen MR) is 69.4 cm³/mol. The van der Waals surface area contributed by atoms with E-state index in [0.717, 1.165) is 36.8 Å². The van der Waals surface area contributed by atoms with Crippen molar-refractivity contribution in [1.29, 1.82) is 0 Å².